The number of benzene rings is 8. The van der Waals surface area contributed by atoms with E-state index in [0.29, 0.717) is 0 Å². The van der Waals surface area contributed by atoms with Crippen LogP contribution < -0.4 is 4.90 Å². The summed E-state index contributed by atoms with van der Waals surface area (Å²) in [5, 5.41) is 4.86. The number of nitrogens with zero attached hydrogens (tertiary/aromatic N) is 1. The average Bonchev–Trinajstić information content (AvgIpc) is 3.80. The Hall–Kier alpha value is -6.38. The van der Waals surface area contributed by atoms with Crippen molar-refractivity contribution in [3.63, 3.8) is 0 Å². The molecule has 0 amide bonds. The Morgan fingerprint density at radius 3 is 1.86 bits per heavy atom. The van der Waals surface area contributed by atoms with E-state index in [0.717, 1.165) is 38.8 Å². The van der Waals surface area contributed by atoms with Gasteiger partial charge in [-0.1, -0.05) is 147 Å². The molecule has 2 heteroatoms. The van der Waals surface area contributed by atoms with Crippen LogP contribution in [0.4, 0.5) is 17.1 Å². The van der Waals surface area contributed by atoms with E-state index >= 15 is 0 Å². The third-order valence-corrected chi connectivity index (χ3v) is 11.4. The first-order valence-electron chi connectivity index (χ1n) is 17.8. The second-order valence-corrected chi connectivity index (χ2v) is 14.4. The van der Waals surface area contributed by atoms with Crippen LogP contribution in [0.15, 0.2) is 168 Å². The van der Waals surface area contributed by atoms with Crippen molar-refractivity contribution in [3.05, 3.63) is 175 Å². The lowest BCUT2D eigenvalue weighted by molar-refractivity contribution is 0.660. The summed E-state index contributed by atoms with van der Waals surface area (Å²) in [6, 6.07) is 59.9. The zero-order valence-electron chi connectivity index (χ0n) is 28.4. The molecule has 0 saturated carbocycles. The summed E-state index contributed by atoms with van der Waals surface area (Å²) in [4.78, 5) is 2.49. The van der Waals surface area contributed by atoms with Crippen molar-refractivity contribution in [2.75, 3.05) is 4.90 Å². The zero-order valence-corrected chi connectivity index (χ0v) is 28.4. The molecule has 0 bridgehead atoms. The lowest BCUT2D eigenvalue weighted by Gasteiger charge is -2.30. The highest BCUT2D eigenvalue weighted by Crippen LogP contribution is 2.56. The van der Waals surface area contributed by atoms with E-state index in [9.17, 15) is 0 Å². The van der Waals surface area contributed by atoms with Gasteiger partial charge in [-0.25, -0.2) is 0 Å². The van der Waals surface area contributed by atoms with Gasteiger partial charge in [0.15, 0.2) is 0 Å². The number of furan rings is 1. The summed E-state index contributed by atoms with van der Waals surface area (Å²) in [5.41, 5.74) is 18.0. The topological polar surface area (TPSA) is 16.4 Å². The highest BCUT2D eigenvalue weighted by Gasteiger charge is 2.38. The summed E-state index contributed by atoms with van der Waals surface area (Å²) >= 11 is 0. The molecule has 0 saturated heterocycles. The van der Waals surface area contributed by atoms with Crippen LogP contribution >= 0.6 is 0 Å². The Morgan fingerprint density at radius 2 is 1.04 bits per heavy atom. The van der Waals surface area contributed by atoms with Crippen molar-refractivity contribution in [3.8, 4) is 44.5 Å². The zero-order chi connectivity index (χ0) is 33.8. The van der Waals surface area contributed by atoms with E-state index in [-0.39, 0.29) is 5.41 Å². The van der Waals surface area contributed by atoms with Gasteiger partial charge >= 0.3 is 0 Å². The van der Waals surface area contributed by atoms with Gasteiger partial charge in [-0.3, -0.25) is 0 Å². The predicted molar refractivity (Wildman–Crippen MR) is 213 cm³/mol. The molecule has 2 aliphatic rings. The van der Waals surface area contributed by atoms with Crippen LogP contribution in [0, 0.1) is 0 Å². The SMILES string of the molecule is CC1(C)c2ccccc2-c2c(N(c3ccc(-c4cccc5c4oc4ccccc45)cc3)c3ccc4c5c(cccc35)-c3ccccc3-4)cccc21. The monoisotopic (exact) mass is 651 g/mol. The molecule has 1 heterocycles. The molecule has 1 aromatic heterocycles. The molecule has 0 unspecified atom stereocenters. The summed E-state index contributed by atoms with van der Waals surface area (Å²) in [5.74, 6) is 0. The van der Waals surface area contributed by atoms with Crippen LogP contribution in [0.25, 0.3) is 77.2 Å². The second-order valence-electron chi connectivity index (χ2n) is 14.4. The molecule has 11 rings (SSSR count). The van der Waals surface area contributed by atoms with E-state index in [1.165, 1.54) is 66.7 Å². The van der Waals surface area contributed by atoms with Gasteiger partial charge in [-0.05, 0) is 80.2 Å². The predicted octanol–water partition coefficient (Wildman–Crippen LogP) is 13.8. The molecular weight excluding hydrogens is 619 g/mol. The highest BCUT2D eigenvalue weighted by atomic mass is 16.3. The number of rotatable bonds is 4. The largest absolute Gasteiger partial charge is 0.455 e. The summed E-state index contributed by atoms with van der Waals surface area (Å²) in [7, 11) is 0. The van der Waals surface area contributed by atoms with Crippen LogP contribution in [0.1, 0.15) is 25.0 Å². The number of fused-ring (bicyclic) bond motifs is 9. The van der Waals surface area contributed by atoms with Crippen molar-refractivity contribution in [2.24, 2.45) is 0 Å². The molecule has 0 radical (unpaired) electrons. The van der Waals surface area contributed by atoms with Crippen LogP contribution in [0.2, 0.25) is 0 Å². The van der Waals surface area contributed by atoms with E-state index in [4.69, 9.17) is 4.42 Å². The second kappa shape index (κ2) is 10.3. The Labute approximate surface area is 296 Å². The third kappa shape index (κ3) is 3.88. The van der Waals surface area contributed by atoms with Gasteiger partial charge in [0.25, 0.3) is 0 Å². The lowest BCUT2D eigenvalue weighted by Crippen LogP contribution is -2.16. The molecule has 0 aliphatic heterocycles. The number of hydrogen-bond donors (Lipinski definition) is 0. The highest BCUT2D eigenvalue weighted by molar-refractivity contribution is 6.19. The Balaban J connectivity index is 1.15. The van der Waals surface area contributed by atoms with Gasteiger partial charge in [0.05, 0.1) is 11.4 Å². The molecule has 8 aromatic carbocycles. The lowest BCUT2D eigenvalue weighted by atomic mass is 9.82. The van der Waals surface area contributed by atoms with Crippen molar-refractivity contribution >= 4 is 49.8 Å². The van der Waals surface area contributed by atoms with E-state index in [1.54, 1.807) is 0 Å². The molecule has 0 fully saturated rings. The van der Waals surface area contributed by atoms with Crippen molar-refractivity contribution in [1.29, 1.82) is 0 Å². The first kappa shape index (κ1) is 28.5. The minimum Gasteiger partial charge on any atom is -0.455 e. The summed E-state index contributed by atoms with van der Waals surface area (Å²) in [6.07, 6.45) is 0. The van der Waals surface area contributed by atoms with E-state index < -0.39 is 0 Å². The van der Waals surface area contributed by atoms with Crippen molar-refractivity contribution in [2.45, 2.75) is 19.3 Å². The quantitative estimate of drug-likeness (QED) is 0.188. The minimum absolute atomic E-state index is 0.105. The molecule has 0 N–H and O–H groups in total. The van der Waals surface area contributed by atoms with Gasteiger partial charge in [0.2, 0.25) is 0 Å². The standard InChI is InChI=1S/C49H33NO/c1-49(2)41-20-7-5-15-39(41)47-42(49)21-11-22-44(47)50(43-29-28-37-34-13-4-3-12-33(34)36-17-10-19-40(43)46(36)37)31-26-24-30(25-27-31)32-16-9-18-38-35-14-6-8-23-45(35)51-48(32)38/h3-29H,1-2H3. The first-order chi connectivity index (χ1) is 25.1. The Morgan fingerprint density at radius 1 is 0.431 bits per heavy atom. The van der Waals surface area contributed by atoms with Crippen LogP contribution in [-0.2, 0) is 5.41 Å². The van der Waals surface area contributed by atoms with Gasteiger partial charge < -0.3 is 9.32 Å². The van der Waals surface area contributed by atoms with E-state index in [1.807, 2.05) is 6.07 Å². The molecule has 0 spiro atoms. The maximum Gasteiger partial charge on any atom is 0.143 e. The molecular formula is C49H33NO. The Bertz CT molecular complexity index is 2860. The number of para-hydroxylation sites is 2. The maximum absolute atomic E-state index is 6.45. The number of anilines is 3. The van der Waals surface area contributed by atoms with Gasteiger partial charge in [0, 0.05) is 38.4 Å². The maximum atomic E-state index is 6.45. The molecule has 240 valence electrons. The van der Waals surface area contributed by atoms with Gasteiger partial charge in [-0.15, -0.1) is 0 Å². The van der Waals surface area contributed by atoms with Gasteiger partial charge in [-0.2, -0.15) is 0 Å². The molecule has 0 atom stereocenters. The van der Waals surface area contributed by atoms with E-state index in [2.05, 4.69) is 176 Å². The minimum atomic E-state index is -0.105. The third-order valence-electron chi connectivity index (χ3n) is 11.4. The summed E-state index contributed by atoms with van der Waals surface area (Å²) < 4.78 is 6.45. The Kier molecular flexibility index (Phi) is 5.76. The van der Waals surface area contributed by atoms with Crippen LogP contribution in [0.5, 0.6) is 0 Å². The fraction of sp³-hybridized carbons (Fsp3) is 0.0612. The molecule has 2 nitrogen and oxygen atoms in total. The molecule has 2 aliphatic carbocycles. The first-order valence-corrected chi connectivity index (χ1v) is 17.8. The fourth-order valence-electron chi connectivity index (χ4n) is 9.08. The molecule has 51 heavy (non-hydrogen) atoms. The normalized spacial score (nSPS) is 13.5. The smallest absolute Gasteiger partial charge is 0.143 e. The average molecular weight is 652 g/mol. The van der Waals surface area contributed by atoms with Crippen LogP contribution in [-0.4, -0.2) is 0 Å². The molecule has 9 aromatic rings. The number of hydrogen-bond acceptors (Lipinski definition) is 2. The van der Waals surface area contributed by atoms with Gasteiger partial charge in [0.1, 0.15) is 11.2 Å². The van der Waals surface area contributed by atoms with Crippen LogP contribution in [0.3, 0.4) is 0 Å². The van der Waals surface area contributed by atoms with Crippen molar-refractivity contribution < 1.29 is 4.42 Å². The summed E-state index contributed by atoms with van der Waals surface area (Å²) in [6.45, 7) is 4.71. The van der Waals surface area contributed by atoms with Crippen molar-refractivity contribution in [1.82, 2.24) is 0 Å². The fourth-order valence-corrected chi connectivity index (χ4v) is 9.08.